The molecule has 0 aromatic heterocycles. The lowest BCUT2D eigenvalue weighted by Crippen LogP contribution is -2.04. The second-order valence-electron chi connectivity index (χ2n) is 3.96. The minimum Gasteiger partial charge on any atom is -0.398 e. The van der Waals surface area contributed by atoms with Gasteiger partial charge in [0.05, 0.1) is 10.7 Å². The molecule has 2 aromatic rings. The molecule has 0 radical (unpaired) electrons. The molecule has 0 spiro atoms. The first-order valence-corrected chi connectivity index (χ1v) is 6.14. The van der Waals surface area contributed by atoms with Gasteiger partial charge < -0.3 is 5.73 Å². The first-order chi connectivity index (χ1) is 8.56. The summed E-state index contributed by atoms with van der Waals surface area (Å²) in [6.45, 7) is 0. The fourth-order valence-electron chi connectivity index (χ4n) is 1.61. The van der Waals surface area contributed by atoms with E-state index in [0.29, 0.717) is 27.7 Å². The molecule has 18 heavy (non-hydrogen) atoms. The number of anilines is 1. The lowest BCUT2D eigenvalue weighted by molar-refractivity contribution is 0.0993. The van der Waals surface area contributed by atoms with Crippen molar-refractivity contribution in [1.29, 1.82) is 0 Å². The summed E-state index contributed by atoms with van der Waals surface area (Å²) in [5.41, 5.74) is 7.56. The summed E-state index contributed by atoms with van der Waals surface area (Å²) in [5.74, 6) is 0.000638. The maximum Gasteiger partial charge on any atom is 0.167 e. The van der Waals surface area contributed by atoms with Crippen LogP contribution in [0.3, 0.4) is 0 Å². The Morgan fingerprint density at radius 1 is 1.06 bits per heavy atom. The SMILES string of the molecule is Nc1cc(C(=O)Cc2ccc(Cl)cc2)ccc1Cl. The molecule has 0 bridgehead atoms. The summed E-state index contributed by atoms with van der Waals surface area (Å²) in [7, 11) is 0. The van der Waals surface area contributed by atoms with E-state index in [1.165, 1.54) is 0 Å². The van der Waals surface area contributed by atoms with Gasteiger partial charge in [0.2, 0.25) is 0 Å². The van der Waals surface area contributed by atoms with Crippen molar-refractivity contribution in [3.8, 4) is 0 Å². The van der Waals surface area contributed by atoms with Crippen LogP contribution in [0.4, 0.5) is 5.69 Å². The quantitative estimate of drug-likeness (QED) is 0.682. The van der Waals surface area contributed by atoms with Crippen LogP contribution in [0.5, 0.6) is 0 Å². The monoisotopic (exact) mass is 279 g/mol. The van der Waals surface area contributed by atoms with E-state index in [9.17, 15) is 4.79 Å². The zero-order valence-electron chi connectivity index (χ0n) is 9.49. The fourth-order valence-corrected chi connectivity index (χ4v) is 1.85. The molecule has 0 aliphatic rings. The Labute approximate surface area is 115 Å². The van der Waals surface area contributed by atoms with Crippen molar-refractivity contribution < 1.29 is 4.79 Å². The number of carbonyl (C=O) groups is 1. The third-order valence-electron chi connectivity index (χ3n) is 2.60. The third kappa shape index (κ3) is 3.03. The minimum absolute atomic E-state index is 0.000638. The highest BCUT2D eigenvalue weighted by molar-refractivity contribution is 6.33. The van der Waals surface area contributed by atoms with Crippen LogP contribution < -0.4 is 5.73 Å². The van der Waals surface area contributed by atoms with Crippen molar-refractivity contribution >= 4 is 34.7 Å². The molecule has 0 fully saturated rings. The molecule has 0 atom stereocenters. The molecule has 2 nitrogen and oxygen atoms in total. The summed E-state index contributed by atoms with van der Waals surface area (Å²) in [4.78, 5) is 12.0. The zero-order valence-corrected chi connectivity index (χ0v) is 11.0. The number of halogens is 2. The highest BCUT2D eigenvalue weighted by Crippen LogP contribution is 2.20. The number of nitrogen functional groups attached to an aromatic ring is 1. The Hall–Kier alpha value is -1.51. The van der Waals surface area contributed by atoms with Gasteiger partial charge in [-0.2, -0.15) is 0 Å². The van der Waals surface area contributed by atoms with Crippen LogP contribution in [0.1, 0.15) is 15.9 Å². The van der Waals surface area contributed by atoms with Gasteiger partial charge in [-0.25, -0.2) is 0 Å². The van der Waals surface area contributed by atoms with Crippen molar-refractivity contribution in [2.75, 3.05) is 5.73 Å². The van der Waals surface area contributed by atoms with Crippen molar-refractivity contribution in [2.45, 2.75) is 6.42 Å². The van der Waals surface area contributed by atoms with Crippen LogP contribution in [0.15, 0.2) is 42.5 Å². The molecule has 2 N–H and O–H groups in total. The fraction of sp³-hybridized carbons (Fsp3) is 0.0714. The van der Waals surface area contributed by atoms with Gasteiger partial charge in [-0.05, 0) is 35.9 Å². The van der Waals surface area contributed by atoms with Crippen LogP contribution in [0, 0.1) is 0 Å². The van der Waals surface area contributed by atoms with Crippen molar-refractivity contribution in [3.05, 3.63) is 63.6 Å². The summed E-state index contributed by atoms with van der Waals surface area (Å²) in [5, 5.41) is 1.11. The van der Waals surface area contributed by atoms with Crippen LogP contribution in [-0.4, -0.2) is 5.78 Å². The van der Waals surface area contributed by atoms with Gasteiger partial charge in [-0.1, -0.05) is 35.3 Å². The van der Waals surface area contributed by atoms with Crippen molar-refractivity contribution in [1.82, 2.24) is 0 Å². The molecule has 92 valence electrons. The van der Waals surface area contributed by atoms with E-state index in [1.54, 1.807) is 30.3 Å². The summed E-state index contributed by atoms with van der Waals surface area (Å²) in [6, 6.07) is 12.1. The van der Waals surface area contributed by atoms with E-state index in [2.05, 4.69) is 0 Å². The van der Waals surface area contributed by atoms with E-state index >= 15 is 0 Å². The number of benzene rings is 2. The molecule has 0 unspecified atom stereocenters. The smallest absolute Gasteiger partial charge is 0.167 e. The molecule has 0 aliphatic carbocycles. The predicted molar refractivity (Wildman–Crippen MR) is 75.4 cm³/mol. The molecule has 4 heteroatoms. The second kappa shape index (κ2) is 5.42. The van der Waals surface area contributed by atoms with Crippen molar-refractivity contribution in [2.24, 2.45) is 0 Å². The highest BCUT2D eigenvalue weighted by atomic mass is 35.5. The normalized spacial score (nSPS) is 10.3. The lowest BCUT2D eigenvalue weighted by Gasteiger charge is -2.04. The van der Waals surface area contributed by atoms with E-state index in [-0.39, 0.29) is 5.78 Å². The summed E-state index contributed by atoms with van der Waals surface area (Å²) < 4.78 is 0. The van der Waals surface area contributed by atoms with E-state index in [0.717, 1.165) is 5.56 Å². The molecule has 0 amide bonds. The molecule has 0 saturated carbocycles. The molecule has 2 rings (SSSR count). The number of hydrogen-bond donors (Lipinski definition) is 1. The van der Waals surface area contributed by atoms with E-state index in [1.807, 2.05) is 12.1 Å². The van der Waals surface area contributed by atoms with Gasteiger partial charge in [0.25, 0.3) is 0 Å². The Morgan fingerprint density at radius 3 is 2.33 bits per heavy atom. The highest BCUT2D eigenvalue weighted by Gasteiger charge is 2.08. The topological polar surface area (TPSA) is 43.1 Å². The molecular formula is C14H11Cl2NO. The first-order valence-electron chi connectivity index (χ1n) is 5.39. The molecule has 0 saturated heterocycles. The van der Waals surface area contributed by atoms with Gasteiger partial charge in [0.1, 0.15) is 0 Å². The average molecular weight is 280 g/mol. The Morgan fingerprint density at radius 2 is 1.72 bits per heavy atom. The molecular weight excluding hydrogens is 269 g/mol. The second-order valence-corrected chi connectivity index (χ2v) is 4.81. The predicted octanol–water partition coefficient (Wildman–Crippen LogP) is 4.00. The first kappa shape index (κ1) is 12.9. The minimum atomic E-state index is 0.000638. The summed E-state index contributed by atoms with van der Waals surface area (Å²) in [6.07, 6.45) is 0.318. The number of carbonyl (C=O) groups excluding carboxylic acids is 1. The standard InChI is InChI=1S/C14H11Cl2NO/c15-11-4-1-9(2-5-11)7-14(18)10-3-6-12(16)13(17)8-10/h1-6,8H,7,17H2. The van der Waals surface area contributed by atoms with E-state index in [4.69, 9.17) is 28.9 Å². The Balaban J connectivity index is 2.16. The van der Waals surface area contributed by atoms with Gasteiger partial charge in [-0.15, -0.1) is 0 Å². The number of nitrogens with two attached hydrogens (primary N) is 1. The van der Waals surface area contributed by atoms with Crippen LogP contribution >= 0.6 is 23.2 Å². The number of hydrogen-bond acceptors (Lipinski definition) is 2. The molecule has 0 heterocycles. The number of Topliss-reactive ketones (excluding diaryl/α,β-unsaturated/α-hetero) is 1. The van der Waals surface area contributed by atoms with E-state index < -0.39 is 0 Å². The van der Waals surface area contributed by atoms with Gasteiger partial charge in [0.15, 0.2) is 5.78 Å². The maximum atomic E-state index is 12.0. The van der Waals surface area contributed by atoms with Crippen LogP contribution in [0.25, 0.3) is 0 Å². The third-order valence-corrected chi connectivity index (χ3v) is 3.19. The van der Waals surface area contributed by atoms with Crippen molar-refractivity contribution in [3.63, 3.8) is 0 Å². The van der Waals surface area contributed by atoms with Crippen LogP contribution in [-0.2, 0) is 6.42 Å². The summed E-state index contributed by atoms with van der Waals surface area (Å²) >= 11 is 11.6. The lowest BCUT2D eigenvalue weighted by atomic mass is 10.0. The zero-order chi connectivity index (χ0) is 13.1. The molecule has 2 aromatic carbocycles. The van der Waals surface area contributed by atoms with Gasteiger partial charge in [0, 0.05) is 17.0 Å². The Kier molecular flexibility index (Phi) is 3.90. The maximum absolute atomic E-state index is 12.0. The Bertz CT molecular complexity index is 579. The number of rotatable bonds is 3. The average Bonchev–Trinajstić information content (AvgIpc) is 2.35. The number of ketones is 1. The van der Waals surface area contributed by atoms with Gasteiger partial charge >= 0.3 is 0 Å². The molecule has 0 aliphatic heterocycles. The van der Waals surface area contributed by atoms with Gasteiger partial charge in [-0.3, -0.25) is 4.79 Å². The van der Waals surface area contributed by atoms with Crippen LogP contribution in [0.2, 0.25) is 10.0 Å². The largest absolute Gasteiger partial charge is 0.398 e.